The molecule has 2 heterocycles. The first-order valence-electron chi connectivity index (χ1n) is 6.79. The van der Waals surface area contributed by atoms with Gasteiger partial charge in [0, 0.05) is 6.42 Å². The molecule has 20 heavy (non-hydrogen) atoms. The van der Waals surface area contributed by atoms with Crippen LogP contribution in [-0.2, 0) is 16.0 Å². The lowest BCUT2D eigenvalue weighted by Crippen LogP contribution is -2.58. The number of carbonyl (C=O) groups is 1. The lowest BCUT2D eigenvalue weighted by molar-refractivity contribution is -0.175. The summed E-state index contributed by atoms with van der Waals surface area (Å²) in [4.78, 5) is 12.9. The number of halogens is 2. The summed E-state index contributed by atoms with van der Waals surface area (Å²) >= 11 is 7.43. The number of hydrogen-bond donors (Lipinski definition) is 1. The molecular weight excluding hydrogens is 388 g/mol. The fraction of sp³-hybridized carbons (Fsp3) is 0.533. The summed E-state index contributed by atoms with van der Waals surface area (Å²) in [6, 6.07) is 7.86. The Morgan fingerprint density at radius 3 is 2.80 bits per heavy atom. The van der Waals surface area contributed by atoms with Gasteiger partial charge < -0.3 is 9.84 Å². The quantitative estimate of drug-likeness (QED) is 0.679. The van der Waals surface area contributed by atoms with Crippen LogP contribution in [0.2, 0.25) is 0 Å². The summed E-state index contributed by atoms with van der Waals surface area (Å²) in [5.74, 6) is -0.427. The zero-order chi connectivity index (χ0) is 13.9. The summed E-state index contributed by atoms with van der Waals surface area (Å²) in [6.45, 7) is 0. The Kier molecular flexibility index (Phi) is 2.00. The van der Waals surface area contributed by atoms with Gasteiger partial charge in [0.2, 0.25) is 0 Å². The molecule has 5 rings (SSSR count). The highest BCUT2D eigenvalue weighted by Crippen LogP contribution is 2.75. The normalized spacial score (nSPS) is 54.4. The summed E-state index contributed by atoms with van der Waals surface area (Å²) in [5, 5.41) is 11.3. The maximum atomic E-state index is 12.9. The number of hydrogen-bond acceptors (Lipinski definition) is 3. The summed E-state index contributed by atoms with van der Waals surface area (Å²) in [7, 11) is 0. The van der Waals surface area contributed by atoms with E-state index >= 15 is 0 Å². The molecule has 3 fully saturated rings. The highest BCUT2D eigenvalue weighted by Gasteiger charge is 2.86. The minimum absolute atomic E-state index is 0.0180. The van der Waals surface area contributed by atoms with E-state index in [2.05, 4.69) is 31.9 Å². The van der Waals surface area contributed by atoms with Gasteiger partial charge in [-0.05, 0) is 17.5 Å². The number of ether oxygens (including phenoxy) is 1. The molecule has 1 aromatic rings. The zero-order valence-corrected chi connectivity index (χ0v) is 13.6. The third-order valence-corrected chi connectivity index (χ3v) is 8.86. The van der Waals surface area contributed by atoms with Crippen molar-refractivity contribution >= 4 is 37.6 Å². The number of ketones is 1. The molecule has 1 N–H and O–H groups in total. The molecule has 4 aliphatic rings. The first-order valence-corrected chi connectivity index (χ1v) is 8.38. The van der Waals surface area contributed by atoms with Crippen LogP contribution < -0.4 is 0 Å². The molecule has 0 amide bonds. The Hall–Kier alpha value is -0.230. The van der Waals surface area contributed by atoms with Crippen LogP contribution in [0.25, 0.3) is 0 Å². The lowest BCUT2D eigenvalue weighted by Gasteiger charge is -2.42. The van der Waals surface area contributed by atoms with E-state index in [1.807, 2.05) is 24.3 Å². The number of fused-ring (bicyclic) bond motifs is 9. The van der Waals surface area contributed by atoms with Crippen molar-refractivity contribution in [1.29, 1.82) is 0 Å². The van der Waals surface area contributed by atoms with E-state index in [1.165, 1.54) is 0 Å². The topological polar surface area (TPSA) is 46.5 Å². The van der Waals surface area contributed by atoms with Crippen LogP contribution in [-0.4, -0.2) is 37.3 Å². The molecule has 6 atom stereocenters. The van der Waals surface area contributed by atoms with E-state index in [0.29, 0.717) is 6.42 Å². The maximum Gasteiger partial charge on any atom is 0.173 e. The van der Waals surface area contributed by atoms with E-state index in [-0.39, 0.29) is 20.5 Å². The second kappa shape index (κ2) is 3.24. The van der Waals surface area contributed by atoms with E-state index in [1.54, 1.807) is 0 Å². The van der Waals surface area contributed by atoms with Crippen LogP contribution in [0.3, 0.4) is 0 Å². The molecule has 2 bridgehead atoms. The second-order valence-electron chi connectivity index (χ2n) is 6.50. The molecule has 104 valence electrons. The predicted molar refractivity (Wildman–Crippen MR) is 79.4 cm³/mol. The third kappa shape index (κ3) is 1.06. The largest absolute Gasteiger partial charge is 0.386 e. The molecular formula is C15H12Br2O3. The number of aliphatic hydroxyl groups is 1. The third-order valence-electron chi connectivity index (χ3n) is 5.52. The van der Waals surface area contributed by atoms with Crippen molar-refractivity contribution in [3.8, 4) is 0 Å². The molecule has 2 aliphatic carbocycles. The van der Waals surface area contributed by atoms with Crippen molar-refractivity contribution in [3.05, 3.63) is 35.4 Å². The van der Waals surface area contributed by atoms with Gasteiger partial charge in [-0.25, -0.2) is 0 Å². The van der Waals surface area contributed by atoms with Crippen LogP contribution in [0.15, 0.2) is 24.3 Å². The van der Waals surface area contributed by atoms with Crippen molar-refractivity contribution < 1.29 is 14.6 Å². The van der Waals surface area contributed by atoms with Gasteiger partial charge in [-0.1, -0.05) is 56.1 Å². The van der Waals surface area contributed by atoms with Gasteiger partial charge in [0.1, 0.15) is 17.8 Å². The Labute approximate surface area is 132 Å². The lowest BCUT2D eigenvalue weighted by atomic mass is 9.77. The molecule has 0 unspecified atom stereocenters. The zero-order valence-electron chi connectivity index (χ0n) is 10.5. The van der Waals surface area contributed by atoms with Crippen molar-refractivity contribution in [2.24, 2.45) is 0 Å². The van der Waals surface area contributed by atoms with E-state index in [0.717, 1.165) is 17.5 Å². The van der Waals surface area contributed by atoms with Crippen molar-refractivity contribution in [2.75, 3.05) is 0 Å². The number of alkyl halides is 2. The van der Waals surface area contributed by atoms with Crippen LogP contribution in [0.5, 0.6) is 0 Å². The summed E-state index contributed by atoms with van der Waals surface area (Å²) in [5.41, 5.74) is 0.931. The molecule has 2 aliphatic heterocycles. The van der Waals surface area contributed by atoms with Gasteiger partial charge in [0.05, 0.1) is 14.6 Å². The van der Waals surface area contributed by atoms with E-state index < -0.39 is 17.6 Å². The van der Waals surface area contributed by atoms with Gasteiger partial charge in [-0.3, -0.25) is 4.79 Å². The fourth-order valence-electron chi connectivity index (χ4n) is 4.56. The highest BCUT2D eigenvalue weighted by molar-refractivity contribution is 9.13. The molecule has 0 radical (unpaired) electrons. The SMILES string of the molecule is O=C1[C@@H]2c3ccccc3C[C@]2(O)[C@H]2O[C@@H]1[C@]1(Br)C[C@]21Br. The average molecular weight is 400 g/mol. The Balaban J connectivity index is 1.74. The second-order valence-corrected chi connectivity index (χ2v) is 9.33. The van der Waals surface area contributed by atoms with Crippen LogP contribution >= 0.6 is 31.9 Å². The number of rotatable bonds is 0. The minimum atomic E-state index is -1.12. The van der Waals surface area contributed by atoms with Gasteiger partial charge >= 0.3 is 0 Å². The van der Waals surface area contributed by atoms with Crippen molar-refractivity contribution in [1.82, 2.24) is 0 Å². The smallest absolute Gasteiger partial charge is 0.173 e. The van der Waals surface area contributed by atoms with E-state index in [4.69, 9.17) is 4.74 Å². The first kappa shape index (κ1) is 12.3. The number of Topliss-reactive ketones (excluding diaryl/α,β-unsaturated/α-hetero) is 1. The number of carbonyl (C=O) groups excluding carboxylic acids is 1. The molecule has 1 saturated carbocycles. The molecule has 0 aromatic heterocycles. The Morgan fingerprint density at radius 1 is 1.25 bits per heavy atom. The monoisotopic (exact) mass is 398 g/mol. The summed E-state index contributed by atoms with van der Waals surface area (Å²) in [6.07, 6.45) is 0.526. The Morgan fingerprint density at radius 2 is 2.00 bits per heavy atom. The van der Waals surface area contributed by atoms with Crippen LogP contribution in [0.1, 0.15) is 23.5 Å². The standard InChI is InChI=1S/C15H12Br2O3/c16-14-6-15(14,17)12-13(19)5-7-3-1-2-4-8(7)9(13)10(18)11(14)20-12/h1-4,9,11-12,19H,5-6H2/t9-,11-,12+,13+,14+,15-/m0/s1. The van der Waals surface area contributed by atoms with Gasteiger partial charge in [-0.2, -0.15) is 0 Å². The highest BCUT2D eigenvalue weighted by atomic mass is 79.9. The predicted octanol–water partition coefficient (Wildman–Crippen LogP) is 2.08. The van der Waals surface area contributed by atoms with Gasteiger partial charge in [-0.15, -0.1) is 0 Å². The fourth-order valence-corrected chi connectivity index (χ4v) is 7.07. The Bertz CT molecular complexity index is 677. The van der Waals surface area contributed by atoms with Crippen LogP contribution in [0.4, 0.5) is 0 Å². The van der Waals surface area contributed by atoms with Crippen molar-refractivity contribution in [2.45, 2.75) is 45.2 Å². The average Bonchev–Trinajstić information content (AvgIpc) is 2.74. The molecule has 5 heteroatoms. The molecule has 1 aromatic carbocycles. The first-order chi connectivity index (χ1) is 9.42. The summed E-state index contributed by atoms with van der Waals surface area (Å²) < 4.78 is 5.28. The van der Waals surface area contributed by atoms with Crippen molar-refractivity contribution in [3.63, 3.8) is 0 Å². The van der Waals surface area contributed by atoms with E-state index in [9.17, 15) is 9.90 Å². The maximum absolute atomic E-state index is 12.9. The van der Waals surface area contributed by atoms with Gasteiger partial charge in [0.15, 0.2) is 5.78 Å². The van der Waals surface area contributed by atoms with Crippen LogP contribution in [0, 0.1) is 0 Å². The molecule has 0 spiro atoms. The molecule has 3 nitrogen and oxygen atoms in total. The molecule has 2 saturated heterocycles. The van der Waals surface area contributed by atoms with Gasteiger partial charge in [0.25, 0.3) is 0 Å². The number of benzene rings is 1. The minimum Gasteiger partial charge on any atom is -0.386 e.